The average molecular weight is 377 g/mol. The summed E-state index contributed by atoms with van der Waals surface area (Å²) >= 11 is 0. The summed E-state index contributed by atoms with van der Waals surface area (Å²) in [6, 6.07) is 18.5. The maximum atomic E-state index is 12.9. The molecule has 0 aliphatic carbocycles. The molecule has 0 saturated heterocycles. The molecule has 1 aromatic heterocycles. The first-order chi connectivity index (χ1) is 13.5. The van der Waals surface area contributed by atoms with Crippen LogP contribution in [0.25, 0.3) is 0 Å². The second-order valence-electron chi connectivity index (χ2n) is 6.39. The van der Waals surface area contributed by atoms with Crippen LogP contribution in [0, 0.1) is 5.82 Å². The normalized spacial score (nSPS) is 10.4. The minimum Gasteiger partial charge on any atom is -0.348 e. The van der Waals surface area contributed by atoms with Gasteiger partial charge in [-0.15, -0.1) is 0 Å². The molecule has 0 bridgehead atoms. The van der Waals surface area contributed by atoms with E-state index in [1.807, 2.05) is 30.3 Å². The molecular weight excluding hydrogens is 357 g/mol. The molecule has 3 rings (SSSR count). The molecule has 5 nitrogen and oxygen atoms in total. The Morgan fingerprint density at radius 2 is 1.71 bits per heavy atom. The number of pyridine rings is 1. The third kappa shape index (κ3) is 5.01. The summed E-state index contributed by atoms with van der Waals surface area (Å²) in [5.41, 5.74) is 2.33. The molecule has 1 heterocycles. The second-order valence-corrected chi connectivity index (χ2v) is 6.39. The van der Waals surface area contributed by atoms with Gasteiger partial charge in [0, 0.05) is 31.9 Å². The van der Waals surface area contributed by atoms with E-state index in [-0.39, 0.29) is 29.9 Å². The zero-order valence-electron chi connectivity index (χ0n) is 15.4. The first kappa shape index (κ1) is 19.2. The SMILES string of the molecule is CN(Cc1ccccc1)C(=O)c1cc(C(=O)NCc2ccc(F)cc2)ccn1. The van der Waals surface area contributed by atoms with Crippen molar-refractivity contribution in [2.75, 3.05) is 7.05 Å². The highest BCUT2D eigenvalue weighted by Gasteiger charge is 2.16. The van der Waals surface area contributed by atoms with E-state index in [1.165, 1.54) is 24.4 Å². The van der Waals surface area contributed by atoms with Crippen LogP contribution < -0.4 is 5.32 Å². The van der Waals surface area contributed by atoms with E-state index in [2.05, 4.69) is 10.3 Å². The molecule has 2 amide bonds. The third-order valence-corrected chi connectivity index (χ3v) is 4.22. The van der Waals surface area contributed by atoms with Crippen molar-refractivity contribution in [1.29, 1.82) is 0 Å². The molecule has 2 aromatic carbocycles. The Kier molecular flexibility index (Phi) is 6.11. The van der Waals surface area contributed by atoms with Crippen molar-refractivity contribution in [3.8, 4) is 0 Å². The summed E-state index contributed by atoms with van der Waals surface area (Å²) in [5.74, 6) is -0.921. The molecule has 0 atom stereocenters. The molecule has 0 aliphatic heterocycles. The Balaban J connectivity index is 1.64. The molecule has 142 valence electrons. The number of nitrogens with zero attached hydrogens (tertiary/aromatic N) is 2. The first-order valence-corrected chi connectivity index (χ1v) is 8.81. The predicted octanol–water partition coefficient (Wildman–Crippen LogP) is 3.42. The lowest BCUT2D eigenvalue weighted by Gasteiger charge is -2.17. The number of rotatable bonds is 6. The molecule has 6 heteroatoms. The Morgan fingerprint density at radius 3 is 2.43 bits per heavy atom. The van der Waals surface area contributed by atoms with Gasteiger partial charge in [-0.25, -0.2) is 4.39 Å². The fourth-order valence-electron chi connectivity index (χ4n) is 2.70. The maximum absolute atomic E-state index is 12.9. The van der Waals surface area contributed by atoms with Crippen LogP contribution in [-0.2, 0) is 13.1 Å². The van der Waals surface area contributed by atoms with Crippen molar-refractivity contribution in [1.82, 2.24) is 15.2 Å². The van der Waals surface area contributed by atoms with Gasteiger partial charge in [0.05, 0.1) is 0 Å². The second kappa shape index (κ2) is 8.90. The van der Waals surface area contributed by atoms with Crippen molar-refractivity contribution < 1.29 is 14.0 Å². The van der Waals surface area contributed by atoms with E-state index in [0.29, 0.717) is 12.1 Å². The Morgan fingerprint density at radius 1 is 1.00 bits per heavy atom. The van der Waals surface area contributed by atoms with Crippen molar-refractivity contribution in [2.45, 2.75) is 13.1 Å². The minimum absolute atomic E-state index is 0.202. The van der Waals surface area contributed by atoms with Gasteiger partial charge in [0.2, 0.25) is 0 Å². The summed E-state index contributed by atoms with van der Waals surface area (Å²) in [6.07, 6.45) is 1.44. The number of halogens is 1. The Bertz CT molecular complexity index is 959. The molecular formula is C22H20FN3O2. The van der Waals surface area contributed by atoms with Gasteiger partial charge in [-0.1, -0.05) is 42.5 Å². The molecule has 0 spiro atoms. The zero-order chi connectivity index (χ0) is 19.9. The van der Waals surface area contributed by atoms with Gasteiger partial charge >= 0.3 is 0 Å². The summed E-state index contributed by atoms with van der Waals surface area (Å²) < 4.78 is 12.9. The van der Waals surface area contributed by atoms with Crippen molar-refractivity contribution >= 4 is 11.8 Å². The van der Waals surface area contributed by atoms with Crippen molar-refractivity contribution in [3.05, 3.63) is 101 Å². The highest BCUT2D eigenvalue weighted by Crippen LogP contribution is 2.09. The number of hydrogen-bond acceptors (Lipinski definition) is 3. The number of amides is 2. The topological polar surface area (TPSA) is 62.3 Å². The Hall–Kier alpha value is -3.54. The monoisotopic (exact) mass is 377 g/mol. The highest BCUT2D eigenvalue weighted by molar-refractivity contribution is 5.98. The predicted molar refractivity (Wildman–Crippen MR) is 104 cm³/mol. The number of carbonyl (C=O) groups is 2. The summed E-state index contributed by atoms with van der Waals surface area (Å²) in [4.78, 5) is 30.7. The van der Waals surface area contributed by atoms with Crippen LogP contribution in [0.3, 0.4) is 0 Å². The van der Waals surface area contributed by atoms with Gasteiger partial charge in [0.15, 0.2) is 0 Å². The van der Waals surface area contributed by atoms with Gasteiger partial charge in [0.25, 0.3) is 11.8 Å². The largest absolute Gasteiger partial charge is 0.348 e. The quantitative estimate of drug-likeness (QED) is 0.716. The molecule has 1 N–H and O–H groups in total. The van der Waals surface area contributed by atoms with E-state index in [9.17, 15) is 14.0 Å². The van der Waals surface area contributed by atoms with Crippen LogP contribution in [0.2, 0.25) is 0 Å². The highest BCUT2D eigenvalue weighted by atomic mass is 19.1. The fraction of sp³-hybridized carbons (Fsp3) is 0.136. The molecule has 0 saturated carbocycles. The maximum Gasteiger partial charge on any atom is 0.272 e. The van der Waals surface area contributed by atoms with Gasteiger partial charge < -0.3 is 10.2 Å². The fourth-order valence-corrected chi connectivity index (χ4v) is 2.70. The van der Waals surface area contributed by atoms with Crippen LogP contribution in [0.4, 0.5) is 4.39 Å². The van der Waals surface area contributed by atoms with E-state index in [0.717, 1.165) is 11.1 Å². The summed E-state index contributed by atoms with van der Waals surface area (Å²) in [5, 5.41) is 2.76. The van der Waals surface area contributed by atoms with Crippen LogP contribution in [0.15, 0.2) is 72.9 Å². The van der Waals surface area contributed by atoms with Crippen molar-refractivity contribution in [2.24, 2.45) is 0 Å². The number of aromatic nitrogens is 1. The molecule has 28 heavy (non-hydrogen) atoms. The molecule has 0 radical (unpaired) electrons. The van der Waals surface area contributed by atoms with Gasteiger partial charge in [-0.2, -0.15) is 0 Å². The van der Waals surface area contributed by atoms with Crippen LogP contribution in [-0.4, -0.2) is 28.7 Å². The van der Waals surface area contributed by atoms with E-state index in [1.54, 1.807) is 30.1 Å². The first-order valence-electron chi connectivity index (χ1n) is 8.81. The lowest BCUT2D eigenvalue weighted by molar-refractivity contribution is 0.0779. The molecule has 0 unspecified atom stereocenters. The minimum atomic E-state index is -0.327. The van der Waals surface area contributed by atoms with Crippen molar-refractivity contribution in [3.63, 3.8) is 0 Å². The van der Waals surface area contributed by atoms with Gasteiger partial charge in [-0.3, -0.25) is 14.6 Å². The van der Waals surface area contributed by atoms with Gasteiger partial charge in [-0.05, 0) is 35.4 Å². The zero-order valence-corrected chi connectivity index (χ0v) is 15.4. The van der Waals surface area contributed by atoms with E-state index < -0.39 is 0 Å². The summed E-state index contributed by atoms with van der Waals surface area (Å²) in [7, 11) is 1.69. The number of benzene rings is 2. The van der Waals surface area contributed by atoms with Crippen LogP contribution in [0.5, 0.6) is 0 Å². The number of nitrogens with one attached hydrogen (secondary N) is 1. The van der Waals surface area contributed by atoms with E-state index >= 15 is 0 Å². The van der Waals surface area contributed by atoms with E-state index in [4.69, 9.17) is 0 Å². The number of carbonyl (C=O) groups excluding carboxylic acids is 2. The molecule has 3 aromatic rings. The average Bonchev–Trinajstić information content (AvgIpc) is 2.73. The lowest BCUT2D eigenvalue weighted by atomic mass is 10.1. The van der Waals surface area contributed by atoms with Gasteiger partial charge in [0.1, 0.15) is 11.5 Å². The number of hydrogen-bond donors (Lipinski definition) is 1. The smallest absolute Gasteiger partial charge is 0.272 e. The van der Waals surface area contributed by atoms with Crippen LogP contribution >= 0.6 is 0 Å². The lowest BCUT2D eigenvalue weighted by Crippen LogP contribution is -2.28. The van der Waals surface area contributed by atoms with Crippen LogP contribution in [0.1, 0.15) is 32.0 Å². The third-order valence-electron chi connectivity index (χ3n) is 4.22. The molecule has 0 aliphatic rings. The Labute approximate surface area is 162 Å². The standard InChI is InChI=1S/C22H20FN3O2/c1-26(15-17-5-3-2-4-6-17)22(28)20-13-18(11-12-24-20)21(27)25-14-16-7-9-19(23)10-8-16/h2-13H,14-15H2,1H3,(H,25,27). The molecule has 0 fully saturated rings. The summed E-state index contributed by atoms with van der Waals surface area (Å²) in [6.45, 7) is 0.709.